The molecule has 0 radical (unpaired) electrons. The Kier molecular flexibility index (Phi) is 3.70. The molecule has 18 heavy (non-hydrogen) atoms. The first-order valence-corrected chi connectivity index (χ1v) is 7.01. The number of nitrogens with zero attached hydrogens (tertiary/aromatic N) is 2. The molecule has 0 bridgehead atoms. The van der Waals surface area contributed by atoms with Crippen molar-refractivity contribution < 1.29 is 8.42 Å². The SMILES string of the molecule is CN(Cc1ccc(Cl)cc1)S(=O)(=O)c1cn[nH]c1. The number of hydrogen-bond acceptors (Lipinski definition) is 3. The van der Waals surface area contributed by atoms with Crippen LogP contribution in [0.1, 0.15) is 5.56 Å². The van der Waals surface area contributed by atoms with Gasteiger partial charge in [-0.1, -0.05) is 23.7 Å². The van der Waals surface area contributed by atoms with Gasteiger partial charge in [0.1, 0.15) is 4.90 Å². The number of benzene rings is 1. The predicted octanol–water partition coefficient (Wildman–Crippen LogP) is 1.88. The quantitative estimate of drug-likeness (QED) is 0.933. The van der Waals surface area contributed by atoms with Crippen molar-refractivity contribution in [1.29, 1.82) is 0 Å². The summed E-state index contributed by atoms with van der Waals surface area (Å²) in [6.45, 7) is 0.282. The summed E-state index contributed by atoms with van der Waals surface area (Å²) in [6, 6.07) is 7.05. The molecule has 0 fully saturated rings. The van der Waals surface area contributed by atoms with Gasteiger partial charge in [0.2, 0.25) is 10.0 Å². The van der Waals surface area contributed by atoms with Gasteiger partial charge in [-0.15, -0.1) is 0 Å². The normalized spacial score (nSPS) is 11.9. The second-order valence-corrected chi connectivity index (χ2v) is 6.30. The summed E-state index contributed by atoms with van der Waals surface area (Å²) >= 11 is 5.78. The van der Waals surface area contributed by atoms with E-state index in [1.807, 2.05) is 0 Å². The molecule has 0 saturated heterocycles. The zero-order chi connectivity index (χ0) is 13.2. The summed E-state index contributed by atoms with van der Waals surface area (Å²) in [5, 5.41) is 6.75. The molecule has 1 N–H and O–H groups in total. The number of aromatic nitrogens is 2. The zero-order valence-corrected chi connectivity index (χ0v) is 11.2. The second kappa shape index (κ2) is 5.09. The summed E-state index contributed by atoms with van der Waals surface area (Å²) in [4.78, 5) is 0.152. The summed E-state index contributed by atoms with van der Waals surface area (Å²) in [5.74, 6) is 0. The molecule has 0 amide bonds. The first-order chi connectivity index (χ1) is 8.50. The predicted molar refractivity (Wildman–Crippen MR) is 68.7 cm³/mol. The lowest BCUT2D eigenvalue weighted by Crippen LogP contribution is -2.26. The Morgan fingerprint density at radius 2 is 2.00 bits per heavy atom. The van der Waals surface area contributed by atoms with Crippen molar-refractivity contribution in [2.24, 2.45) is 0 Å². The Balaban J connectivity index is 2.17. The third kappa shape index (κ3) is 2.72. The van der Waals surface area contributed by atoms with Crippen molar-refractivity contribution in [1.82, 2.24) is 14.5 Å². The second-order valence-electron chi connectivity index (χ2n) is 3.82. The van der Waals surface area contributed by atoms with Crippen molar-refractivity contribution in [3.63, 3.8) is 0 Å². The highest BCUT2D eigenvalue weighted by molar-refractivity contribution is 7.89. The number of H-pyrrole nitrogens is 1. The molecule has 7 heteroatoms. The molecule has 2 aromatic rings. The van der Waals surface area contributed by atoms with E-state index >= 15 is 0 Å². The highest BCUT2D eigenvalue weighted by Gasteiger charge is 2.21. The molecule has 0 spiro atoms. The van der Waals surface area contributed by atoms with Gasteiger partial charge >= 0.3 is 0 Å². The van der Waals surface area contributed by atoms with Gasteiger partial charge in [0, 0.05) is 24.8 Å². The van der Waals surface area contributed by atoms with Crippen LogP contribution in [0, 0.1) is 0 Å². The van der Waals surface area contributed by atoms with Crippen LogP contribution < -0.4 is 0 Å². The largest absolute Gasteiger partial charge is 0.284 e. The standard InChI is InChI=1S/C11H12ClN3O2S/c1-15(8-9-2-4-10(12)5-3-9)18(16,17)11-6-13-14-7-11/h2-7H,8H2,1H3,(H,13,14). The fourth-order valence-corrected chi connectivity index (χ4v) is 2.68. The van der Waals surface area contributed by atoms with Crippen molar-refractivity contribution in [3.05, 3.63) is 47.2 Å². The van der Waals surface area contributed by atoms with E-state index in [1.54, 1.807) is 24.3 Å². The third-order valence-electron chi connectivity index (χ3n) is 2.50. The zero-order valence-electron chi connectivity index (χ0n) is 9.67. The molecule has 5 nitrogen and oxygen atoms in total. The fraction of sp³-hybridized carbons (Fsp3) is 0.182. The molecular formula is C11H12ClN3O2S. The van der Waals surface area contributed by atoms with E-state index in [9.17, 15) is 8.42 Å². The maximum Gasteiger partial charge on any atom is 0.246 e. The van der Waals surface area contributed by atoms with Gasteiger partial charge in [-0.25, -0.2) is 8.42 Å². The Labute approximate surface area is 110 Å². The minimum atomic E-state index is -3.50. The highest BCUT2D eigenvalue weighted by Crippen LogP contribution is 2.16. The summed E-state index contributed by atoms with van der Waals surface area (Å²) in [5.41, 5.74) is 0.869. The van der Waals surface area contributed by atoms with Gasteiger partial charge in [-0.2, -0.15) is 9.40 Å². The van der Waals surface area contributed by atoms with Crippen molar-refractivity contribution in [3.8, 4) is 0 Å². The molecule has 0 aliphatic rings. The van der Waals surface area contributed by atoms with E-state index in [2.05, 4.69) is 10.2 Å². The van der Waals surface area contributed by atoms with E-state index < -0.39 is 10.0 Å². The average Bonchev–Trinajstić information content (AvgIpc) is 2.86. The van der Waals surface area contributed by atoms with Gasteiger partial charge in [-0.3, -0.25) is 5.10 Å². The van der Waals surface area contributed by atoms with Gasteiger partial charge in [-0.05, 0) is 17.7 Å². The maximum absolute atomic E-state index is 12.1. The Morgan fingerprint density at radius 3 is 2.56 bits per heavy atom. The van der Waals surface area contributed by atoms with Crippen LogP contribution in [0.3, 0.4) is 0 Å². The lowest BCUT2D eigenvalue weighted by molar-refractivity contribution is 0.467. The van der Waals surface area contributed by atoms with Crippen LogP contribution in [-0.2, 0) is 16.6 Å². The number of sulfonamides is 1. The van der Waals surface area contributed by atoms with E-state index in [-0.39, 0.29) is 11.4 Å². The minimum absolute atomic E-state index is 0.152. The number of aromatic amines is 1. The topological polar surface area (TPSA) is 66.1 Å². The van der Waals surface area contributed by atoms with E-state index in [0.717, 1.165) is 5.56 Å². The molecule has 0 aliphatic carbocycles. The molecule has 0 atom stereocenters. The van der Waals surface area contributed by atoms with E-state index in [4.69, 9.17) is 11.6 Å². The van der Waals surface area contributed by atoms with E-state index in [1.165, 1.54) is 23.7 Å². The van der Waals surface area contributed by atoms with Crippen LogP contribution in [0.15, 0.2) is 41.6 Å². The molecule has 0 unspecified atom stereocenters. The van der Waals surface area contributed by atoms with E-state index in [0.29, 0.717) is 5.02 Å². The number of nitrogens with one attached hydrogen (secondary N) is 1. The smallest absolute Gasteiger partial charge is 0.246 e. The first-order valence-electron chi connectivity index (χ1n) is 5.20. The molecule has 1 aromatic carbocycles. The molecule has 0 aliphatic heterocycles. The Hall–Kier alpha value is -1.37. The molecule has 2 rings (SSSR count). The van der Waals surface area contributed by atoms with Crippen molar-refractivity contribution in [2.45, 2.75) is 11.4 Å². The average molecular weight is 286 g/mol. The van der Waals surface area contributed by atoms with Crippen LogP contribution in [0.5, 0.6) is 0 Å². The first kappa shape index (κ1) is 13.1. The number of rotatable bonds is 4. The van der Waals surface area contributed by atoms with Crippen LogP contribution in [0.4, 0.5) is 0 Å². The molecule has 1 aromatic heterocycles. The molecular weight excluding hydrogens is 274 g/mol. The van der Waals surface area contributed by atoms with Gasteiger partial charge in [0.05, 0.1) is 6.20 Å². The van der Waals surface area contributed by atoms with Gasteiger partial charge < -0.3 is 0 Å². The van der Waals surface area contributed by atoms with Gasteiger partial charge in [0.25, 0.3) is 0 Å². The third-order valence-corrected chi connectivity index (χ3v) is 4.52. The molecule has 0 saturated carbocycles. The lowest BCUT2D eigenvalue weighted by Gasteiger charge is -2.15. The van der Waals surface area contributed by atoms with Crippen molar-refractivity contribution >= 4 is 21.6 Å². The van der Waals surface area contributed by atoms with Crippen LogP contribution in [0.2, 0.25) is 5.02 Å². The maximum atomic E-state index is 12.1. The highest BCUT2D eigenvalue weighted by atomic mass is 35.5. The van der Waals surface area contributed by atoms with Crippen LogP contribution in [-0.4, -0.2) is 30.0 Å². The van der Waals surface area contributed by atoms with Crippen LogP contribution in [0.25, 0.3) is 0 Å². The summed E-state index contributed by atoms with van der Waals surface area (Å²) in [7, 11) is -1.97. The summed E-state index contributed by atoms with van der Waals surface area (Å²) < 4.78 is 25.5. The Morgan fingerprint density at radius 1 is 1.33 bits per heavy atom. The van der Waals surface area contributed by atoms with Gasteiger partial charge in [0.15, 0.2) is 0 Å². The fourth-order valence-electron chi connectivity index (χ4n) is 1.49. The number of hydrogen-bond donors (Lipinski definition) is 1. The molecule has 96 valence electrons. The molecule has 1 heterocycles. The Bertz CT molecular complexity index is 608. The minimum Gasteiger partial charge on any atom is -0.284 e. The summed E-state index contributed by atoms with van der Waals surface area (Å²) in [6.07, 6.45) is 2.64. The number of halogens is 1. The van der Waals surface area contributed by atoms with Crippen LogP contribution >= 0.6 is 11.6 Å². The van der Waals surface area contributed by atoms with Crippen molar-refractivity contribution in [2.75, 3.05) is 7.05 Å². The monoisotopic (exact) mass is 285 g/mol. The lowest BCUT2D eigenvalue weighted by atomic mass is 10.2.